The fourth-order valence-electron chi connectivity index (χ4n) is 3.01. The molecule has 0 aliphatic carbocycles. The molecule has 0 aromatic heterocycles. The monoisotopic (exact) mass is 340 g/mol. The summed E-state index contributed by atoms with van der Waals surface area (Å²) in [4.78, 5) is 31.8. The number of hydrogen-bond acceptors (Lipinski definition) is 4. The van der Waals surface area contributed by atoms with E-state index in [-0.39, 0.29) is 18.4 Å². The van der Waals surface area contributed by atoms with Gasteiger partial charge in [-0.05, 0) is 17.7 Å². The van der Waals surface area contributed by atoms with Gasteiger partial charge in [0.15, 0.2) is 0 Å². The third kappa shape index (κ3) is 2.37. The van der Waals surface area contributed by atoms with Gasteiger partial charge in [0.25, 0.3) is 5.91 Å². The highest BCUT2D eigenvalue weighted by atomic mass is 35.5. The smallest absolute Gasteiger partial charge is 0.274 e. The zero-order valence-electron chi connectivity index (χ0n) is 12.6. The number of oxime groups is 1. The molecule has 6 heteroatoms. The quantitative estimate of drug-likeness (QED) is 0.807. The zero-order chi connectivity index (χ0) is 16.7. The van der Waals surface area contributed by atoms with Crippen LogP contribution in [0.1, 0.15) is 11.1 Å². The third-order valence-corrected chi connectivity index (χ3v) is 4.48. The van der Waals surface area contributed by atoms with Crippen molar-refractivity contribution < 1.29 is 14.4 Å². The van der Waals surface area contributed by atoms with Gasteiger partial charge in [0.05, 0.1) is 6.54 Å². The minimum absolute atomic E-state index is 0.239. The summed E-state index contributed by atoms with van der Waals surface area (Å²) in [6.07, 6.45) is -0.869. The molecule has 4 rings (SSSR count). The number of likely N-dealkylation sites (tertiary alicyclic amines) is 1. The molecular formula is C18H13ClN2O3. The van der Waals surface area contributed by atoms with E-state index in [9.17, 15) is 9.59 Å². The molecule has 120 valence electrons. The van der Waals surface area contributed by atoms with Crippen LogP contribution in [-0.2, 0) is 21.0 Å². The molecule has 0 saturated carbocycles. The molecule has 0 N–H and O–H groups in total. The number of imide groups is 1. The lowest BCUT2D eigenvalue weighted by Crippen LogP contribution is -2.32. The molecule has 2 aliphatic heterocycles. The summed E-state index contributed by atoms with van der Waals surface area (Å²) in [7, 11) is 0. The zero-order valence-corrected chi connectivity index (χ0v) is 13.3. The fourth-order valence-corrected chi connectivity index (χ4v) is 3.14. The minimum Gasteiger partial charge on any atom is -0.381 e. The first kappa shape index (κ1) is 14.9. The van der Waals surface area contributed by atoms with Gasteiger partial charge in [0.2, 0.25) is 12.0 Å². The number of amides is 2. The van der Waals surface area contributed by atoms with Crippen molar-refractivity contribution in [3.8, 4) is 0 Å². The van der Waals surface area contributed by atoms with Crippen LogP contribution in [0.15, 0.2) is 59.8 Å². The molecule has 0 unspecified atom stereocenters. The van der Waals surface area contributed by atoms with Gasteiger partial charge in [0.1, 0.15) is 11.6 Å². The average Bonchev–Trinajstić information content (AvgIpc) is 3.13. The summed E-state index contributed by atoms with van der Waals surface area (Å²) in [5.74, 6) is -1.32. The Labute approximate surface area is 143 Å². The van der Waals surface area contributed by atoms with Crippen LogP contribution in [0.2, 0.25) is 5.02 Å². The number of hydrogen-bond donors (Lipinski definition) is 0. The van der Waals surface area contributed by atoms with E-state index in [4.69, 9.17) is 16.4 Å². The summed E-state index contributed by atoms with van der Waals surface area (Å²) in [5, 5.41) is 4.56. The molecule has 0 bridgehead atoms. The van der Waals surface area contributed by atoms with Gasteiger partial charge in [-0.15, -0.1) is 0 Å². The molecule has 1 fully saturated rings. The van der Waals surface area contributed by atoms with Crippen LogP contribution in [0, 0.1) is 5.92 Å². The van der Waals surface area contributed by atoms with E-state index in [1.54, 1.807) is 24.3 Å². The predicted molar refractivity (Wildman–Crippen MR) is 88.4 cm³/mol. The molecule has 2 aliphatic rings. The summed E-state index contributed by atoms with van der Waals surface area (Å²) in [5.41, 5.74) is 2.10. The van der Waals surface area contributed by atoms with Crippen molar-refractivity contribution in [2.24, 2.45) is 11.1 Å². The number of rotatable bonds is 3. The predicted octanol–water partition coefficient (Wildman–Crippen LogP) is 2.63. The van der Waals surface area contributed by atoms with Crippen molar-refractivity contribution in [1.29, 1.82) is 0 Å². The van der Waals surface area contributed by atoms with E-state index in [0.717, 1.165) is 11.1 Å². The van der Waals surface area contributed by atoms with Gasteiger partial charge in [-0.25, -0.2) is 0 Å². The van der Waals surface area contributed by atoms with Crippen LogP contribution < -0.4 is 0 Å². The Kier molecular flexibility index (Phi) is 3.58. The van der Waals surface area contributed by atoms with Gasteiger partial charge in [-0.1, -0.05) is 59.2 Å². The fraction of sp³-hybridized carbons (Fsp3) is 0.167. The SMILES string of the molecule is O=C1[C@H]2C(c3ccc(Cl)cc3)=NO[C@@H]2C(=O)N1Cc1ccccc1. The van der Waals surface area contributed by atoms with Crippen molar-refractivity contribution in [3.63, 3.8) is 0 Å². The largest absolute Gasteiger partial charge is 0.381 e. The summed E-state index contributed by atoms with van der Waals surface area (Å²) < 4.78 is 0. The van der Waals surface area contributed by atoms with Crippen molar-refractivity contribution in [2.75, 3.05) is 0 Å². The number of carbonyl (C=O) groups is 2. The van der Waals surface area contributed by atoms with Gasteiger partial charge in [0, 0.05) is 10.6 Å². The molecule has 2 amide bonds. The van der Waals surface area contributed by atoms with E-state index in [2.05, 4.69) is 5.16 Å². The third-order valence-electron chi connectivity index (χ3n) is 4.23. The lowest BCUT2D eigenvalue weighted by Gasteiger charge is -2.15. The highest BCUT2D eigenvalue weighted by Crippen LogP contribution is 2.33. The maximum Gasteiger partial charge on any atom is 0.274 e. The summed E-state index contributed by atoms with van der Waals surface area (Å²) >= 11 is 5.89. The van der Waals surface area contributed by atoms with Gasteiger partial charge >= 0.3 is 0 Å². The van der Waals surface area contributed by atoms with E-state index in [0.29, 0.717) is 10.7 Å². The first-order valence-electron chi connectivity index (χ1n) is 7.54. The first-order chi connectivity index (χ1) is 11.6. The highest BCUT2D eigenvalue weighted by Gasteiger charge is 2.55. The van der Waals surface area contributed by atoms with Crippen molar-refractivity contribution in [1.82, 2.24) is 4.90 Å². The van der Waals surface area contributed by atoms with Gasteiger partial charge in [-0.3, -0.25) is 14.5 Å². The molecule has 0 radical (unpaired) electrons. The standard InChI is InChI=1S/C18H13ClN2O3/c19-13-8-6-12(7-9-13)15-14-16(24-20-15)18(23)21(17(14)22)10-11-4-2-1-3-5-11/h1-9,14,16H,10H2/t14-,16-/m0/s1. The molecule has 2 aromatic carbocycles. The molecule has 2 aromatic rings. The van der Waals surface area contributed by atoms with Crippen molar-refractivity contribution in [3.05, 3.63) is 70.7 Å². The van der Waals surface area contributed by atoms with Crippen LogP contribution >= 0.6 is 11.6 Å². The first-order valence-corrected chi connectivity index (χ1v) is 7.92. The number of nitrogens with zero attached hydrogens (tertiary/aromatic N) is 2. The topological polar surface area (TPSA) is 59.0 Å². The molecule has 5 nitrogen and oxygen atoms in total. The van der Waals surface area contributed by atoms with E-state index < -0.39 is 12.0 Å². The number of carbonyl (C=O) groups excluding carboxylic acids is 2. The Morgan fingerprint density at radius 1 is 1.00 bits per heavy atom. The lowest BCUT2D eigenvalue weighted by atomic mass is 9.94. The molecule has 0 spiro atoms. The Morgan fingerprint density at radius 2 is 1.71 bits per heavy atom. The van der Waals surface area contributed by atoms with Crippen molar-refractivity contribution in [2.45, 2.75) is 12.6 Å². The Bertz CT molecular complexity index is 833. The molecular weight excluding hydrogens is 328 g/mol. The maximum atomic E-state index is 12.8. The minimum atomic E-state index is -0.869. The highest BCUT2D eigenvalue weighted by molar-refractivity contribution is 6.31. The second kappa shape index (κ2) is 5.76. The van der Waals surface area contributed by atoms with E-state index in [1.165, 1.54) is 4.90 Å². The second-order valence-electron chi connectivity index (χ2n) is 5.74. The average molecular weight is 341 g/mol. The normalized spacial score (nSPS) is 22.4. The summed E-state index contributed by atoms with van der Waals surface area (Å²) in [6.45, 7) is 0.239. The maximum absolute atomic E-state index is 12.8. The van der Waals surface area contributed by atoms with Crippen LogP contribution in [0.25, 0.3) is 0 Å². The Morgan fingerprint density at radius 3 is 2.42 bits per heavy atom. The second-order valence-corrected chi connectivity index (χ2v) is 6.17. The lowest BCUT2D eigenvalue weighted by molar-refractivity contribution is -0.142. The molecule has 2 atom stereocenters. The van der Waals surface area contributed by atoms with Crippen LogP contribution in [0.3, 0.4) is 0 Å². The van der Waals surface area contributed by atoms with Crippen LogP contribution in [0.4, 0.5) is 0 Å². The van der Waals surface area contributed by atoms with E-state index in [1.807, 2.05) is 30.3 Å². The van der Waals surface area contributed by atoms with Crippen LogP contribution in [-0.4, -0.2) is 28.5 Å². The van der Waals surface area contributed by atoms with E-state index >= 15 is 0 Å². The Balaban J connectivity index is 1.61. The van der Waals surface area contributed by atoms with Crippen LogP contribution in [0.5, 0.6) is 0 Å². The van der Waals surface area contributed by atoms with Crippen molar-refractivity contribution >= 4 is 29.1 Å². The number of halogens is 1. The number of benzene rings is 2. The molecule has 1 saturated heterocycles. The van der Waals surface area contributed by atoms with Gasteiger partial charge < -0.3 is 4.84 Å². The van der Waals surface area contributed by atoms with Gasteiger partial charge in [-0.2, -0.15) is 0 Å². The molecule has 2 heterocycles. The molecule has 24 heavy (non-hydrogen) atoms. The summed E-state index contributed by atoms with van der Waals surface area (Å²) in [6, 6.07) is 16.4. The number of fused-ring (bicyclic) bond motifs is 1. The Hall–Kier alpha value is -2.66.